The second kappa shape index (κ2) is 8.63. The topological polar surface area (TPSA) is 73.8 Å². The Morgan fingerprint density at radius 1 is 1.10 bits per heavy atom. The van der Waals surface area contributed by atoms with E-state index in [0.29, 0.717) is 54.8 Å². The van der Waals surface area contributed by atoms with Gasteiger partial charge in [0.05, 0.1) is 23.2 Å². The molecule has 1 amide bonds. The summed E-state index contributed by atoms with van der Waals surface area (Å²) in [6, 6.07) is 10.3. The number of carbonyl (C=O) groups is 1. The van der Waals surface area contributed by atoms with Gasteiger partial charge in [-0.3, -0.25) is 14.7 Å². The molecule has 2 aromatic rings. The maximum atomic E-state index is 13.0. The van der Waals surface area contributed by atoms with Crippen molar-refractivity contribution in [1.82, 2.24) is 19.1 Å². The number of nitrogens with zero attached hydrogens (tertiary/aromatic N) is 4. The van der Waals surface area contributed by atoms with Crippen LogP contribution in [0.1, 0.15) is 17.7 Å². The first-order chi connectivity index (χ1) is 14.4. The summed E-state index contributed by atoms with van der Waals surface area (Å²) in [6.45, 7) is 4.79. The third kappa shape index (κ3) is 4.23. The Bertz CT molecular complexity index is 1020. The van der Waals surface area contributed by atoms with E-state index >= 15 is 0 Å². The molecule has 1 aromatic carbocycles. The molecule has 2 aliphatic heterocycles. The molecule has 1 unspecified atom stereocenters. The highest BCUT2D eigenvalue weighted by Gasteiger charge is 2.39. The van der Waals surface area contributed by atoms with Gasteiger partial charge < -0.3 is 4.90 Å². The van der Waals surface area contributed by atoms with Crippen molar-refractivity contribution in [1.29, 1.82) is 0 Å². The maximum absolute atomic E-state index is 13.0. The van der Waals surface area contributed by atoms with Gasteiger partial charge >= 0.3 is 0 Å². The van der Waals surface area contributed by atoms with Gasteiger partial charge in [-0.2, -0.15) is 4.31 Å². The van der Waals surface area contributed by atoms with Gasteiger partial charge in [0, 0.05) is 43.9 Å². The Balaban J connectivity index is 1.38. The minimum atomic E-state index is -3.58. The largest absolute Gasteiger partial charge is 0.335 e. The van der Waals surface area contributed by atoms with Gasteiger partial charge in [-0.05, 0) is 49.2 Å². The summed E-state index contributed by atoms with van der Waals surface area (Å²) in [6.07, 6.45) is 2.49. The molecule has 1 aromatic heterocycles. The Morgan fingerprint density at radius 3 is 2.53 bits per heavy atom. The van der Waals surface area contributed by atoms with Crippen LogP contribution in [0.15, 0.2) is 47.5 Å². The quantitative estimate of drug-likeness (QED) is 0.700. The summed E-state index contributed by atoms with van der Waals surface area (Å²) in [5.74, 6) is 0.102. The number of aryl methyl sites for hydroxylation is 1. The molecule has 9 heteroatoms. The zero-order valence-corrected chi connectivity index (χ0v) is 18.4. The number of benzene rings is 1. The molecule has 7 nitrogen and oxygen atoms in total. The van der Waals surface area contributed by atoms with Crippen LogP contribution >= 0.6 is 11.6 Å². The standard InChI is InChI=1S/C21H25ClN4O3S/c1-16-14-17(22)5-6-20(16)30(28,29)26-12-10-24(11-13-26)19-7-9-25(21(19)27)15-18-4-2-3-8-23-18/h2-6,8,14,19H,7,9-13,15H2,1H3. The van der Waals surface area contributed by atoms with E-state index in [9.17, 15) is 13.2 Å². The molecule has 3 heterocycles. The van der Waals surface area contributed by atoms with E-state index in [1.807, 2.05) is 23.1 Å². The van der Waals surface area contributed by atoms with Crippen LogP contribution in [0.3, 0.4) is 0 Å². The van der Waals surface area contributed by atoms with Gasteiger partial charge in [0.1, 0.15) is 0 Å². The second-order valence-corrected chi connectivity index (χ2v) is 10.1. The first-order valence-electron chi connectivity index (χ1n) is 10.1. The minimum absolute atomic E-state index is 0.102. The first kappa shape index (κ1) is 21.2. The highest BCUT2D eigenvalue weighted by atomic mass is 35.5. The minimum Gasteiger partial charge on any atom is -0.335 e. The Kier molecular flexibility index (Phi) is 6.11. The smallest absolute Gasteiger partial charge is 0.243 e. The summed E-state index contributed by atoms with van der Waals surface area (Å²) in [7, 11) is -3.58. The molecule has 0 spiro atoms. The molecule has 30 heavy (non-hydrogen) atoms. The van der Waals surface area contributed by atoms with Crippen molar-refractivity contribution >= 4 is 27.5 Å². The van der Waals surface area contributed by atoms with Crippen LogP contribution in [-0.2, 0) is 21.4 Å². The molecule has 0 radical (unpaired) electrons. The molecule has 2 aliphatic rings. The average molecular weight is 449 g/mol. The Labute approximate surface area is 182 Å². The van der Waals surface area contributed by atoms with E-state index in [-0.39, 0.29) is 11.9 Å². The average Bonchev–Trinajstić information content (AvgIpc) is 3.09. The number of amides is 1. The van der Waals surface area contributed by atoms with Gasteiger partial charge in [-0.1, -0.05) is 17.7 Å². The molecule has 0 aliphatic carbocycles. The van der Waals surface area contributed by atoms with Crippen LogP contribution in [0.4, 0.5) is 0 Å². The number of hydrogen-bond donors (Lipinski definition) is 0. The van der Waals surface area contributed by atoms with Gasteiger partial charge in [-0.15, -0.1) is 0 Å². The predicted octanol–water partition coefficient (Wildman–Crippen LogP) is 2.15. The highest BCUT2D eigenvalue weighted by Crippen LogP contribution is 2.26. The zero-order valence-electron chi connectivity index (χ0n) is 16.9. The first-order valence-corrected chi connectivity index (χ1v) is 11.9. The van der Waals surface area contributed by atoms with Crippen molar-refractivity contribution in [2.45, 2.75) is 30.8 Å². The van der Waals surface area contributed by atoms with Crippen molar-refractivity contribution in [3.8, 4) is 0 Å². The summed E-state index contributed by atoms with van der Waals surface area (Å²) >= 11 is 5.97. The van der Waals surface area contributed by atoms with E-state index in [1.54, 1.807) is 31.3 Å². The van der Waals surface area contributed by atoms with Crippen LogP contribution < -0.4 is 0 Å². The van der Waals surface area contributed by atoms with Crippen LogP contribution in [0.25, 0.3) is 0 Å². The van der Waals surface area contributed by atoms with Crippen molar-refractivity contribution < 1.29 is 13.2 Å². The molecular formula is C21H25ClN4O3S. The lowest BCUT2D eigenvalue weighted by Crippen LogP contribution is -2.53. The Hall–Kier alpha value is -2.00. The molecule has 0 bridgehead atoms. The van der Waals surface area contributed by atoms with E-state index in [1.165, 1.54) is 4.31 Å². The number of halogens is 1. The fourth-order valence-electron chi connectivity index (χ4n) is 4.20. The lowest BCUT2D eigenvalue weighted by molar-refractivity contribution is -0.133. The maximum Gasteiger partial charge on any atom is 0.243 e. The number of carbonyl (C=O) groups excluding carboxylic acids is 1. The molecule has 2 fully saturated rings. The molecule has 0 N–H and O–H groups in total. The summed E-state index contributed by atoms with van der Waals surface area (Å²) in [5, 5.41) is 0.520. The molecular weight excluding hydrogens is 424 g/mol. The summed E-state index contributed by atoms with van der Waals surface area (Å²) < 4.78 is 27.6. The monoisotopic (exact) mass is 448 g/mol. The predicted molar refractivity (Wildman–Crippen MR) is 115 cm³/mol. The number of likely N-dealkylation sites (tertiary alicyclic amines) is 1. The lowest BCUT2D eigenvalue weighted by Gasteiger charge is -2.36. The molecule has 4 rings (SSSR count). The van der Waals surface area contributed by atoms with Crippen molar-refractivity contribution in [2.75, 3.05) is 32.7 Å². The molecule has 2 saturated heterocycles. The summed E-state index contributed by atoms with van der Waals surface area (Å²) in [5.41, 5.74) is 1.52. The Morgan fingerprint density at radius 2 is 1.87 bits per heavy atom. The van der Waals surface area contributed by atoms with E-state index in [2.05, 4.69) is 9.88 Å². The number of sulfonamides is 1. The molecule has 0 saturated carbocycles. The van der Waals surface area contributed by atoms with Crippen molar-refractivity contribution in [2.24, 2.45) is 0 Å². The lowest BCUT2D eigenvalue weighted by atomic mass is 10.2. The number of aromatic nitrogens is 1. The fraction of sp³-hybridized carbons (Fsp3) is 0.429. The number of rotatable bonds is 5. The molecule has 160 valence electrons. The second-order valence-electron chi connectivity index (χ2n) is 7.74. The van der Waals surface area contributed by atoms with E-state index < -0.39 is 10.0 Å². The third-order valence-corrected chi connectivity index (χ3v) is 8.11. The van der Waals surface area contributed by atoms with Crippen LogP contribution in [0, 0.1) is 6.92 Å². The van der Waals surface area contributed by atoms with Crippen molar-refractivity contribution in [3.63, 3.8) is 0 Å². The van der Waals surface area contributed by atoms with Gasteiger partial charge in [0.15, 0.2) is 0 Å². The van der Waals surface area contributed by atoms with Crippen LogP contribution in [-0.4, -0.2) is 72.2 Å². The SMILES string of the molecule is Cc1cc(Cl)ccc1S(=O)(=O)N1CCN(C2CCN(Cc3ccccn3)C2=O)CC1. The molecule has 1 atom stereocenters. The van der Waals surface area contributed by atoms with Gasteiger partial charge in [0.25, 0.3) is 0 Å². The van der Waals surface area contributed by atoms with Crippen molar-refractivity contribution in [3.05, 3.63) is 58.9 Å². The fourth-order valence-corrected chi connectivity index (χ4v) is 6.06. The van der Waals surface area contributed by atoms with Gasteiger partial charge in [-0.25, -0.2) is 8.42 Å². The normalized spacial score (nSPS) is 21.3. The third-order valence-electron chi connectivity index (χ3n) is 5.82. The summed E-state index contributed by atoms with van der Waals surface area (Å²) in [4.78, 5) is 21.4. The zero-order chi connectivity index (χ0) is 21.3. The highest BCUT2D eigenvalue weighted by molar-refractivity contribution is 7.89. The number of hydrogen-bond acceptors (Lipinski definition) is 5. The van der Waals surface area contributed by atoms with Crippen LogP contribution in [0.2, 0.25) is 5.02 Å². The number of pyridine rings is 1. The van der Waals surface area contributed by atoms with Crippen LogP contribution in [0.5, 0.6) is 0 Å². The van der Waals surface area contributed by atoms with Gasteiger partial charge in [0.2, 0.25) is 15.9 Å². The van der Waals surface area contributed by atoms with E-state index in [0.717, 1.165) is 12.1 Å². The van der Waals surface area contributed by atoms with E-state index in [4.69, 9.17) is 11.6 Å². The number of piperazine rings is 1.